The van der Waals surface area contributed by atoms with Gasteiger partial charge in [-0.05, 0) is 10.7 Å². The van der Waals surface area contributed by atoms with Gasteiger partial charge in [-0.2, -0.15) is 0 Å². The van der Waals surface area contributed by atoms with E-state index in [0.717, 1.165) is 5.19 Å². The number of benzene rings is 1. The summed E-state index contributed by atoms with van der Waals surface area (Å²) in [7, 11) is 0. The predicted molar refractivity (Wildman–Crippen MR) is 63.2 cm³/mol. The summed E-state index contributed by atoms with van der Waals surface area (Å²) in [4.78, 5) is 0. The van der Waals surface area contributed by atoms with Gasteiger partial charge in [0.25, 0.3) is 6.69 Å². The molecule has 0 N–H and O–H groups in total. The van der Waals surface area contributed by atoms with Gasteiger partial charge in [-0.3, -0.25) is 0 Å². The molecule has 1 aromatic rings. The third-order valence-electron chi connectivity index (χ3n) is 2.08. The minimum atomic E-state index is -2.36. The Morgan fingerprint density at radius 3 is 2.31 bits per heavy atom. The van der Waals surface area contributed by atoms with E-state index in [1.54, 1.807) is 0 Å². The molecule has 1 aromatic carbocycles. The fourth-order valence-electron chi connectivity index (χ4n) is 1.07. The van der Waals surface area contributed by atoms with E-state index in [-0.39, 0.29) is 5.54 Å². The monoisotopic (exact) mass is 230 g/mol. The summed E-state index contributed by atoms with van der Waals surface area (Å²) < 4.78 is 0. The maximum Gasteiger partial charge on any atom is 0.287 e. The molecule has 13 heavy (non-hydrogen) atoms. The van der Waals surface area contributed by atoms with E-state index in [1.165, 1.54) is 0 Å². The summed E-state index contributed by atoms with van der Waals surface area (Å²) in [6, 6.07) is 9.83. The number of halogens is 2. The minimum Gasteiger partial charge on any atom is -0.139 e. The van der Waals surface area contributed by atoms with E-state index >= 15 is 0 Å². The highest BCUT2D eigenvalue weighted by Gasteiger charge is 2.35. The van der Waals surface area contributed by atoms with Gasteiger partial charge < -0.3 is 0 Å². The summed E-state index contributed by atoms with van der Waals surface area (Å²) in [5.74, 6) is 0. The zero-order chi connectivity index (χ0) is 9.90. The maximum absolute atomic E-state index is 6.35. The molecule has 0 aliphatic heterocycles. The van der Waals surface area contributed by atoms with E-state index in [1.807, 2.05) is 43.3 Å². The lowest BCUT2D eigenvalue weighted by Gasteiger charge is -2.21. The largest absolute Gasteiger partial charge is 0.287 e. The lowest BCUT2D eigenvalue weighted by atomic mass is 10.4. The SMILES string of the molecule is C=C[C@H](C)[Si](Cl)(Cl)c1ccccc1. The molecule has 0 bridgehead atoms. The van der Waals surface area contributed by atoms with Gasteiger partial charge in [0.05, 0.1) is 0 Å². The second kappa shape index (κ2) is 4.31. The van der Waals surface area contributed by atoms with Gasteiger partial charge in [-0.1, -0.05) is 43.3 Å². The summed E-state index contributed by atoms with van der Waals surface area (Å²) in [5.41, 5.74) is 0.165. The first kappa shape index (κ1) is 10.8. The maximum atomic E-state index is 6.35. The summed E-state index contributed by atoms with van der Waals surface area (Å²) in [6.07, 6.45) is 1.82. The predicted octanol–water partition coefficient (Wildman–Crippen LogP) is 3.39. The molecule has 0 aliphatic carbocycles. The van der Waals surface area contributed by atoms with Gasteiger partial charge in [0.2, 0.25) is 0 Å². The zero-order valence-corrected chi connectivity index (χ0v) is 10.0. The Labute approximate surface area is 89.6 Å². The van der Waals surface area contributed by atoms with Crippen LogP contribution in [0.25, 0.3) is 0 Å². The first-order valence-corrected chi connectivity index (χ1v) is 8.25. The Morgan fingerprint density at radius 2 is 1.85 bits per heavy atom. The number of hydrogen-bond donors (Lipinski definition) is 0. The molecule has 0 fully saturated rings. The second-order valence-corrected chi connectivity index (χ2v) is 9.90. The van der Waals surface area contributed by atoms with Crippen molar-refractivity contribution < 1.29 is 0 Å². The van der Waals surface area contributed by atoms with Crippen molar-refractivity contribution in [3.63, 3.8) is 0 Å². The van der Waals surface area contributed by atoms with Crippen molar-refractivity contribution in [1.82, 2.24) is 0 Å². The summed E-state index contributed by atoms with van der Waals surface area (Å²) in [6.45, 7) is 3.37. The first-order chi connectivity index (χ1) is 6.09. The van der Waals surface area contributed by atoms with E-state index in [4.69, 9.17) is 22.2 Å². The fraction of sp³-hybridized carbons (Fsp3) is 0.200. The molecule has 0 radical (unpaired) electrons. The number of allylic oxidation sites excluding steroid dienone is 1. The van der Waals surface area contributed by atoms with Gasteiger partial charge in [0.15, 0.2) is 0 Å². The van der Waals surface area contributed by atoms with E-state index in [0.29, 0.717) is 0 Å². The van der Waals surface area contributed by atoms with Crippen LogP contribution in [0, 0.1) is 0 Å². The molecular formula is C10H12Cl2Si. The Bertz CT molecular complexity index is 282. The Hall–Kier alpha value is -0.243. The molecule has 0 saturated heterocycles. The van der Waals surface area contributed by atoms with Crippen molar-refractivity contribution in [2.45, 2.75) is 12.5 Å². The van der Waals surface area contributed by atoms with E-state index in [9.17, 15) is 0 Å². The highest BCUT2D eigenvalue weighted by molar-refractivity contribution is 7.51. The Morgan fingerprint density at radius 1 is 1.31 bits per heavy atom. The van der Waals surface area contributed by atoms with Gasteiger partial charge in [-0.15, -0.1) is 28.7 Å². The topological polar surface area (TPSA) is 0 Å². The highest BCUT2D eigenvalue weighted by atomic mass is 35.7. The fourth-order valence-corrected chi connectivity index (χ4v) is 3.82. The molecule has 0 unspecified atom stereocenters. The van der Waals surface area contributed by atoms with Gasteiger partial charge >= 0.3 is 0 Å². The van der Waals surface area contributed by atoms with Crippen LogP contribution in [0.15, 0.2) is 43.0 Å². The Kier molecular flexibility index (Phi) is 3.60. The van der Waals surface area contributed by atoms with Crippen LogP contribution in [-0.4, -0.2) is 6.69 Å². The number of hydrogen-bond acceptors (Lipinski definition) is 0. The minimum absolute atomic E-state index is 0.165. The molecule has 0 saturated carbocycles. The average Bonchev–Trinajstić information content (AvgIpc) is 2.18. The first-order valence-electron chi connectivity index (χ1n) is 4.15. The van der Waals surface area contributed by atoms with Crippen LogP contribution < -0.4 is 5.19 Å². The second-order valence-electron chi connectivity index (χ2n) is 3.01. The van der Waals surface area contributed by atoms with Crippen molar-refractivity contribution >= 4 is 34.0 Å². The third-order valence-corrected chi connectivity index (χ3v) is 7.94. The Balaban J connectivity index is 3.00. The third kappa shape index (κ3) is 2.36. The van der Waals surface area contributed by atoms with E-state index < -0.39 is 6.69 Å². The molecule has 70 valence electrons. The lowest BCUT2D eigenvalue weighted by Crippen LogP contribution is -2.39. The molecule has 0 heterocycles. The van der Waals surface area contributed by atoms with Crippen molar-refractivity contribution in [3.05, 3.63) is 43.0 Å². The van der Waals surface area contributed by atoms with Crippen molar-refractivity contribution in [2.24, 2.45) is 0 Å². The van der Waals surface area contributed by atoms with Crippen molar-refractivity contribution in [3.8, 4) is 0 Å². The van der Waals surface area contributed by atoms with Crippen molar-refractivity contribution in [1.29, 1.82) is 0 Å². The van der Waals surface area contributed by atoms with E-state index in [2.05, 4.69) is 6.58 Å². The standard InChI is InChI=1S/C10H12Cl2Si/c1-3-9(2)13(11,12)10-7-5-4-6-8-10/h3-9H,1H2,2H3/t9-/m0/s1. The average molecular weight is 231 g/mol. The van der Waals surface area contributed by atoms with Crippen LogP contribution >= 0.6 is 22.2 Å². The summed E-state index contributed by atoms with van der Waals surface area (Å²) >= 11 is 12.7. The molecule has 0 aromatic heterocycles. The lowest BCUT2D eigenvalue weighted by molar-refractivity contribution is 1.19. The molecule has 0 aliphatic rings. The molecular weight excluding hydrogens is 219 g/mol. The molecule has 0 spiro atoms. The molecule has 1 rings (SSSR count). The van der Waals surface area contributed by atoms with Crippen LogP contribution in [0.2, 0.25) is 5.54 Å². The van der Waals surface area contributed by atoms with Crippen LogP contribution in [0.3, 0.4) is 0 Å². The molecule has 1 atom stereocenters. The smallest absolute Gasteiger partial charge is 0.139 e. The quantitative estimate of drug-likeness (QED) is 0.425. The zero-order valence-electron chi connectivity index (χ0n) is 7.50. The number of rotatable bonds is 3. The highest BCUT2D eigenvalue weighted by Crippen LogP contribution is 2.29. The van der Waals surface area contributed by atoms with Crippen LogP contribution in [0.1, 0.15) is 6.92 Å². The normalized spacial score (nSPS) is 13.8. The van der Waals surface area contributed by atoms with Crippen molar-refractivity contribution in [2.75, 3.05) is 0 Å². The molecule has 0 nitrogen and oxygen atoms in total. The van der Waals surface area contributed by atoms with Crippen LogP contribution in [0.5, 0.6) is 0 Å². The summed E-state index contributed by atoms with van der Waals surface area (Å²) in [5, 5.41) is 1.05. The molecule has 0 amide bonds. The van der Waals surface area contributed by atoms with Gasteiger partial charge in [0.1, 0.15) is 0 Å². The van der Waals surface area contributed by atoms with Crippen LogP contribution in [-0.2, 0) is 0 Å². The van der Waals surface area contributed by atoms with Gasteiger partial charge in [0, 0.05) is 0 Å². The van der Waals surface area contributed by atoms with Gasteiger partial charge in [-0.25, -0.2) is 0 Å². The molecule has 3 heteroatoms. The van der Waals surface area contributed by atoms with Crippen LogP contribution in [0.4, 0.5) is 0 Å².